The van der Waals surface area contributed by atoms with Crippen LogP contribution in [0.25, 0.3) is 0 Å². The standard InChI is InChI=1S/C20H20O3/c1-4-5-12-8-10(2)15(11(3)9-12)18-19(21)16-13-6-7-14(23-13)17(16)20(18)22/h8-9,13-14,16-18H,6-7H2,1-3H3. The summed E-state index contributed by atoms with van der Waals surface area (Å²) in [6.07, 6.45) is 1.77. The van der Waals surface area contributed by atoms with Crippen LogP contribution in [0.1, 0.15) is 47.9 Å². The van der Waals surface area contributed by atoms with Crippen LogP contribution in [0, 0.1) is 37.5 Å². The molecule has 23 heavy (non-hydrogen) atoms. The van der Waals surface area contributed by atoms with Gasteiger partial charge in [-0.15, -0.1) is 5.92 Å². The van der Waals surface area contributed by atoms with Crippen molar-refractivity contribution in [1.29, 1.82) is 0 Å². The predicted octanol–water partition coefficient (Wildman–Crippen LogP) is 2.70. The maximum absolute atomic E-state index is 13.0. The molecule has 4 unspecified atom stereocenters. The number of benzene rings is 1. The second-order valence-corrected chi connectivity index (χ2v) is 6.98. The third-order valence-electron chi connectivity index (χ3n) is 5.65. The molecule has 0 aromatic heterocycles. The molecular weight excluding hydrogens is 288 g/mol. The summed E-state index contributed by atoms with van der Waals surface area (Å²) in [6.45, 7) is 5.76. The zero-order chi connectivity index (χ0) is 16.3. The molecule has 0 amide bonds. The number of carbonyl (C=O) groups excluding carboxylic acids is 2. The number of hydrogen-bond donors (Lipinski definition) is 0. The first-order chi connectivity index (χ1) is 11.0. The van der Waals surface area contributed by atoms with Crippen LogP contribution in [0.15, 0.2) is 12.1 Å². The highest BCUT2D eigenvalue weighted by Crippen LogP contribution is 2.52. The number of fused-ring (bicyclic) bond motifs is 5. The first kappa shape index (κ1) is 14.7. The molecule has 4 atom stereocenters. The number of ketones is 2. The summed E-state index contributed by atoms with van der Waals surface area (Å²) in [5, 5.41) is 0. The van der Waals surface area contributed by atoms with Gasteiger partial charge in [0.15, 0.2) is 11.6 Å². The fraction of sp³-hybridized carbons (Fsp3) is 0.500. The minimum absolute atomic E-state index is 0.0303. The summed E-state index contributed by atoms with van der Waals surface area (Å²) in [7, 11) is 0. The van der Waals surface area contributed by atoms with E-state index in [1.165, 1.54) is 0 Å². The number of ether oxygens (including phenoxy) is 1. The van der Waals surface area contributed by atoms with Gasteiger partial charge in [0.05, 0.1) is 24.0 Å². The van der Waals surface area contributed by atoms with Crippen LogP contribution in [0.5, 0.6) is 0 Å². The number of hydrogen-bond acceptors (Lipinski definition) is 3. The summed E-state index contributed by atoms with van der Waals surface area (Å²) >= 11 is 0. The van der Waals surface area contributed by atoms with E-state index in [9.17, 15) is 9.59 Å². The molecule has 0 N–H and O–H groups in total. The van der Waals surface area contributed by atoms with Crippen LogP contribution in [0.4, 0.5) is 0 Å². The first-order valence-electron chi connectivity index (χ1n) is 8.29. The van der Waals surface area contributed by atoms with Gasteiger partial charge in [-0.1, -0.05) is 5.92 Å². The molecule has 4 rings (SSSR count). The van der Waals surface area contributed by atoms with E-state index in [2.05, 4.69) is 11.8 Å². The maximum Gasteiger partial charge on any atom is 0.154 e. The first-order valence-corrected chi connectivity index (χ1v) is 8.29. The molecule has 118 valence electrons. The average molecular weight is 308 g/mol. The number of aryl methyl sites for hydroxylation is 2. The van der Waals surface area contributed by atoms with Crippen molar-refractivity contribution in [2.75, 3.05) is 0 Å². The van der Waals surface area contributed by atoms with Gasteiger partial charge in [0.1, 0.15) is 5.92 Å². The Labute approximate surface area is 136 Å². The normalized spacial score (nSPS) is 34.5. The quantitative estimate of drug-likeness (QED) is 0.592. The van der Waals surface area contributed by atoms with Gasteiger partial charge in [-0.25, -0.2) is 0 Å². The van der Waals surface area contributed by atoms with Gasteiger partial charge in [-0.3, -0.25) is 9.59 Å². The number of rotatable bonds is 1. The number of carbonyl (C=O) groups is 2. The summed E-state index contributed by atoms with van der Waals surface area (Å²) in [4.78, 5) is 25.9. The van der Waals surface area contributed by atoms with Crippen LogP contribution in [0.3, 0.4) is 0 Å². The van der Waals surface area contributed by atoms with Crippen molar-refractivity contribution in [3.05, 3.63) is 34.4 Å². The Kier molecular flexibility index (Phi) is 3.21. The molecule has 3 fully saturated rings. The molecule has 2 bridgehead atoms. The largest absolute Gasteiger partial charge is 0.373 e. The molecule has 1 saturated carbocycles. The van der Waals surface area contributed by atoms with Crippen molar-refractivity contribution in [2.45, 2.75) is 51.7 Å². The molecule has 3 heteroatoms. The lowest BCUT2D eigenvalue weighted by atomic mass is 9.81. The van der Waals surface area contributed by atoms with Gasteiger partial charge in [-0.2, -0.15) is 0 Å². The van der Waals surface area contributed by atoms with Crippen molar-refractivity contribution in [3.63, 3.8) is 0 Å². The molecule has 2 saturated heterocycles. The van der Waals surface area contributed by atoms with E-state index in [0.717, 1.165) is 35.1 Å². The Balaban J connectivity index is 1.78. The van der Waals surface area contributed by atoms with Gasteiger partial charge < -0.3 is 4.74 Å². The summed E-state index contributed by atoms with van der Waals surface area (Å²) in [5.41, 5.74) is 3.81. The van der Waals surface area contributed by atoms with Crippen molar-refractivity contribution in [3.8, 4) is 11.8 Å². The van der Waals surface area contributed by atoms with E-state index in [0.29, 0.717) is 0 Å². The Bertz CT molecular complexity index is 729. The lowest BCUT2D eigenvalue weighted by Crippen LogP contribution is -2.29. The molecule has 1 aliphatic carbocycles. The Morgan fingerprint density at radius 2 is 1.52 bits per heavy atom. The minimum atomic E-state index is -0.597. The van der Waals surface area contributed by atoms with Gasteiger partial charge in [0.2, 0.25) is 0 Å². The number of Topliss-reactive ketones (excluding diaryl/α,β-unsaturated/α-hetero) is 2. The van der Waals surface area contributed by atoms with Crippen LogP contribution in [-0.2, 0) is 14.3 Å². The van der Waals surface area contributed by atoms with Crippen LogP contribution >= 0.6 is 0 Å². The van der Waals surface area contributed by atoms with Crippen molar-refractivity contribution in [2.24, 2.45) is 11.8 Å². The zero-order valence-electron chi connectivity index (χ0n) is 13.7. The molecule has 2 heterocycles. The highest BCUT2D eigenvalue weighted by Gasteiger charge is 2.63. The van der Waals surface area contributed by atoms with Gasteiger partial charge in [0, 0.05) is 5.56 Å². The Morgan fingerprint density at radius 1 is 1.00 bits per heavy atom. The fourth-order valence-electron chi connectivity index (χ4n) is 4.86. The second-order valence-electron chi connectivity index (χ2n) is 6.98. The highest BCUT2D eigenvalue weighted by molar-refractivity contribution is 6.17. The average Bonchev–Trinajstić information content (AvgIpc) is 3.16. The topological polar surface area (TPSA) is 43.4 Å². The summed E-state index contributed by atoms with van der Waals surface area (Å²) in [5.74, 6) is 5.09. The smallest absolute Gasteiger partial charge is 0.154 e. The minimum Gasteiger partial charge on any atom is -0.373 e. The highest BCUT2D eigenvalue weighted by atomic mass is 16.5. The van der Waals surface area contributed by atoms with E-state index in [1.54, 1.807) is 6.92 Å². The van der Waals surface area contributed by atoms with Gasteiger partial charge in [0.25, 0.3) is 0 Å². The molecule has 1 aromatic rings. The summed E-state index contributed by atoms with van der Waals surface area (Å²) in [6, 6.07) is 3.97. The van der Waals surface area contributed by atoms with E-state index < -0.39 is 5.92 Å². The molecule has 3 aliphatic rings. The molecule has 1 aromatic carbocycles. The van der Waals surface area contributed by atoms with Crippen LogP contribution in [-0.4, -0.2) is 23.8 Å². The van der Waals surface area contributed by atoms with Crippen molar-refractivity contribution >= 4 is 11.6 Å². The lowest BCUT2D eigenvalue weighted by molar-refractivity contribution is -0.127. The monoisotopic (exact) mass is 308 g/mol. The molecule has 0 radical (unpaired) electrons. The SMILES string of the molecule is CC#Cc1cc(C)c(C2C(=O)C3C4CCC(O4)C3C2=O)c(C)c1. The fourth-order valence-corrected chi connectivity index (χ4v) is 4.86. The van der Waals surface area contributed by atoms with E-state index in [1.807, 2.05) is 26.0 Å². The summed E-state index contributed by atoms with van der Waals surface area (Å²) < 4.78 is 5.82. The molecule has 0 spiro atoms. The van der Waals surface area contributed by atoms with Gasteiger partial charge >= 0.3 is 0 Å². The maximum atomic E-state index is 13.0. The van der Waals surface area contributed by atoms with Crippen LogP contribution in [0.2, 0.25) is 0 Å². The van der Waals surface area contributed by atoms with Crippen molar-refractivity contribution < 1.29 is 14.3 Å². The molecule has 2 aliphatic heterocycles. The Morgan fingerprint density at radius 3 is 2.00 bits per heavy atom. The second kappa shape index (κ2) is 5.04. The molecule has 3 nitrogen and oxygen atoms in total. The van der Waals surface area contributed by atoms with E-state index >= 15 is 0 Å². The molecular formula is C20H20O3. The van der Waals surface area contributed by atoms with Gasteiger partial charge in [-0.05, 0) is 62.4 Å². The predicted molar refractivity (Wildman–Crippen MR) is 86.1 cm³/mol. The van der Waals surface area contributed by atoms with E-state index in [-0.39, 0.29) is 35.6 Å². The van der Waals surface area contributed by atoms with Crippen LogP contribution < -0.4 is 0 Å². The zero-order valence-corrected chi connectivity index (χ0v) is 13.7. The third-order valence-corrected chi connectivity index (χ3v) is 5.65. The third kappa shape index (κ3) is 1.95. The Hall–Kier alpha value is -1.92. The lowest BCUT2D eigenvalue weighted by Gasteiger charge is -2.17. The van der Waals surface area contributed by atoms with Crippen molar-refractivity contribution in [1.82, 2.24) is 0 Å². The van der Waals surface area contributed by atoms with E-state index in [4.69, 9.17) is 4.74 Å².